The van der Waals surface area contributed by atoms with Crippen LogP contribution in [-0.2, 0) is 16.0 Å². The van der Waals surface area contributed by atoms with Crippen molar-refractivity contribution in [1.82, 2.24) is 15.5 Å². The molecule has 1 aliphatic carbocycles. The van der Waals surface area contributed by atoms with Crippen molar-refractivity contribution >= 4 is 29.7 Å². The summed E-state index contributed by atoms with van der Waals surface area (Å²) in [5.41, 5.74) is 0.471. The lowest BCUT2D eigenvalue weighted by Crippen LogP contribution is -2.55. The minimum Gasteiger partial charge on any atom is -0.444 e. The molecule has 1 aliphatic heterocycles. The summed E-state index contributed by atoms with van der Waals surface area (Å²) in [6.45, 7) is 11.3. The van der Waals surface area contributed by atoms with Crippen molar-refractivity contribution < 1.29 is 24.2 Å². The minimum atomic E-state index is -0.915. The second-order valence-corrected chi connectivity index (χ2v) is 15.2. The molecule has 0 aromatic heterocycles. The quantitative estimate of drug-likeness (QED) is 0.298. The average Bonchev–Trinajstić information content (AvgIpc) is 3.34. The largest absolute Gasteiger partial charge is 0.444 e. The van der Waals surface area contributed by atoms with Gasteiger partial charge in [-0.2, -0.15) is 0 Å². The Bertz CT molecular complexity index is 1290. The number of hydrogen-bond donors (Lipinski definition) is 3. The molecule has 2 fully saturated rings. The van der Waals surface area contributed by atoms with Gasteiger partial charge in [-0.1, -0.05) is 55.3 Å². The van der Waals surface area contributed by atoms with Gasteiger partial charge in [0.15, 0.2) is 0 Å². The van der Waals surface area contributed by atoms with Gasteiger partial charge in [0.25, 0.3) is 5.91 Å². The maximum absolute atomic E-state index is 14.0. The summed E-state index contributed by atoms with van der Waals surface area (Å²) in [5.74, 6) is 0.0914. The fraction of sp³-hybridized carbons (Fsp3) is 0.571. The summed E-state index contributed by atoms with van der Waals surface area (Å²) < 4.78 is 5.77. The molecule has 4 rings (SSSR count). The van der Waals surface area contributed by atoms with E-state index in [1.807, 2.05) is 90.1 Å². The van der Waals surface area contributed by atoms with Gasteiger partial charge in [-0.15, -0.1) is 11.8 Å². The third-order valence-corrected chi connectivity index (χ3v) is 9.29. The van der Waals surface area contributed by atoms with Crippen molar-refractivity contribution in [2.75, 3.05) is 5.75 Å². The number of benzene rings is 2. The molecule has 0 spiro atoms. The fourth-order valence-electron chi connectivity index (χ4n) is 6.18. The second-order valence-electron chi connectivity index (χ2n) is 14.1. The second kappa shape index (κ2) is 14.4. The zero-order valence-corrected chi connectivity index (χ0v) is 27.8. The first-order chi connectivity index (χ1) is 20.7. The van der Waals surface area contributed by atoms with Crippen LogP contribution in [0.25, 0.3) is 0 Å². The summed E-state index contributed by atoms with van der Waals surface area (Å²) in [6.07, 6.45) is 3.62. The molecule has 8 nitrogen and oxygen atoms in total. The molecule has 0 radical (unpaired) electrons. The highest BCUT2D eigenvalue weighted by atomic mass is 32.2. The van der Waals surface area contributed by atoms with Gasteiger partial charge in [0.1, 0.15) is 11.6 Å². The summed E-state index contributed by atoms with van der Waals surface area (Å²) in [6, 6.07) is 15.8. The molecular weight excluding hydrogens is 574 g/mol. The van der Waals surface area contributed by atoms with E-state index < -0.39 is 29.9 Å². The lowest BCUT2D eigenvalue weighted by atomic mass is 9.85. The Morgan fingerprint density at radius 2 is 1.64 bits per heavy atom. The van der Waals surface area contributed by atoms with Crippen LogP contribution in [0.5, 0.6) is 0 Å². The SMILES string of the molecule is CC(C)(C)NC(=O)c1ccccc1SC[C@H](O)[C@H](Cc1ccccc1)NC(=O)[C@H]1C[C@H]2CCCC[C@H]2N1C(=O)OC(C)(C)C. The number of aliphatic hydroxyl groups excluding tert-OH is 1. The van der Waals surface area contributed by atoms with Crippen molar-refractivity contribution in [3.8, 4) is 0 Å². The van der Waals surface area contributed by atoms with E-state index in [1.54, 1.807) is 11.0 Å². The third-order valence-electron chi connectivity index (χ3n) is 8.12. The molecule has 1 saturated heterocycles. The molecule has 9 heteroatoms. The van der Waals surface area contributed by atoms with Crippen LogP contribution < -0.4 is 10.6 Å². The van der Waals surface area contributed by atoms with E-state index in [2.05, 4.69) is 10.6 Å². The normalized spacial score (nSPS) is 21.6. The van der Waals surface area contributed by atoms with Crippen LogP contribution in [0.3, 0.4) is 0 Å². The standard InChI is InChI=1S/C35H49N3O5S/c1-34(2,3)37-31(40)25-17-11-13-19-30(25)44-22-29(39)26(20-23-14-8-7-9-15-23)36-32(41)28-21-24-16-10-12-18-27(24)38(28)33(42)43-35(4,5)6/h7-9,11,13-15,17,19,24,26-29,39H,10,12,16,18,20-22H2,1-6H3,(H,36,41)(H,37,40)/t24-,26+,27-,28-,29+/m1/s1. The van der Waals surface area contributed by atoms with Crippen molar-refractivity contribution in [2.45, 2.75) is 120 Å². The Labute approximate surface area is 266 Å². The first-order valence-corrected chi connectivity index (χ1v) is 16.8. The Morgan fingerprint density at radius 1 is 0.977 bits per heavy atom. The predicted molar refractivity (Wildman–Crippen MR) is 175 cm³/mol. The van der Waals surface area contributed by atoms with Crippen molar-refractivity contribution in [3.63, 3.8) is 0 Å². The smallest absolute Gasteiger partial charge is 0.411 e. The molecule has 2 aromatic rings. The van der Waals surface area contributed by atoms with Crippen molar-refractivity contribution in [3.05, 3.63) is 65.7 Å². The Hall–Kier alpha value is -3.04. The van der Waals surface area contributed by atoms with Crippen LogP contribution >= 0.6 is 11.8 Å². The van der Waals surface area contributed by atoms with Crippen LogP contribution in [0.2, 0.25) is 0 Å². The molecule has 0 bridgehead atoms. The number of amides is 3. The Balaban J connectivity index is 1.52. The molecule has 44 heavy (non-hydrogen) atoms. The summed E-state index contributed by atoms with van der Waals surface area (Å²) in [4.78, 5) is 42.8. The number of carbonyl (C=O) groups is 3. The van der Waals surface area contributed by atoms with Crippen LogP contribution in [0.1, 0.15) is 89.6 Å². The van der Waals surface area contributed by atoms with Gasteiger partial charge >= 0.3 is 6.09 Å². The van der Waals surface area contributed by atoms with Gasteiger partial charge < -0.3 is 20.5 Å². The summed E-state index contributed by atoms with van der Waals surface area (Å²) >= 11 is 1.39. The highest BCUT2D eigenvalue weighted by Gasteiger charge is 2.49. The van der Waals surface area contributed by atoms with Gasteiger partial charge in [0.2, 0.25) is 5.91 Å². The molecule has 3 amide bonds. The molecule has 1 saturated carbocycles. The van der Waals surface area contributed by atoms with Gasteiger partial charge in [0.05, 0.1) is 17.7 Å². The summed E-state index contributed by atoms with van der Waals surface area (Å²) in [5, 5.41) is 17.7. The summed E-state index contributed by atoms with van der Waals surface area (Å²) in [7, 11) is 0. The molecular formula is C35H49N3O5S. The maximum Gasteiger partial charge on any atom is 0.411 e. The van der Waals surface area contributed by atoms with Crippen LogP contribution in [-0.4, -0.2) is 69.0 Å². The number of thioether (sulfide) groups is 1. The highest BCUT2D eigenvalue weighted by Crippen LogP contribution is 2.40. The van der Waals surface area contributed by atoms with E-state index >= 15 is 0 Å². The zero-order chi connectivity index (χ0) is 32.1. The van der Waals surface area contributed by atoms with Gasteiger partial charge in [-0.3, -0.25) is 14.5 Å². The van der Waals surface area contributed by atoms with E-state index in [4.69, 9.17) is 4.74 Å². The molecule has 5 atom stereocenters. The van der Waals surface area contributed by atoms with E-state index in [0.29, 0.717) is 18.4 Å². The lowest BCUT2D eigenvalue weighted by molar-refractivity contribution is -0.127. The first kappa shape index (κ1) is 33.8. The zero-order valence-electron chi connectivity index (χ0n) is 27.0. The molecule has 2 aromatic carbocycles. The Kier molecular flexibility index (Phi) is 11.1. The number of fused-ring (bicyclic) bond motifs is 1. The van der Waals surface area contributed by atoms with Crippen LogP contribution in [0.15, 0.2) is 59.5 Å². The Morgan fingerprint density at radius 3 is 2.32 bits per heavy atom. The molecule has 3 N–H and O–H groups in total. The molecule has 0 unspecified atom stereocenters. The molecule has 2 aliphatic rings. The number of nitrogens with one attached hydrogen (secondary N) is 2. The van der Waals surface area contributed by atoms with Crippen molar-refractivity contribution in [2.24, 2.45) is 5.92 Å². The number of rotatable bonds is 9. The fourth-order valence-corrected chi connectivity index (χ4v) is 7.25. The van der Waals surface area contributed by atoms with E-state index in [9.17, 15) is 19.5 Å². The maximum atomic E-state index is 14.0. The average molecular weight is 624 g/mol. The third kappa shape index (κ3) is 9.24. The highest BCUT2D eigenvalue weighted by molar-refractivity contribution is 7.99. The van der Waals surface area contributed by atoms with Crippen LogP contribution in [0.4, 0.5) is 4.79 Å². The number of carbonyl (C=O) groups excluding carboxylic acids is 3. The lowest BCUT2D eigenvalue weighted by Gasteiger charge is -2.35. The molecule has 1 heterocycles. The number of aliphatic hydroxyl groups is 1. The number of nitrogens with zero attached hydrogens (tertiary/aromatic N) is 1. The van der Waals surface area contributed by atoms with Crippen molar-refractivity contribution in [1.29, 1.82) is 0 Å². The monoisotopic (exact) mass is 623 g/mol. The van der Waals surface area contributed by atoms with Gasteiger partial charge in [-0.05, 0) is 90.8 Å². The topological polar surface area (TPSA) is 108 Å². The van der Waals surface area contributed by atoms with E-state index in [0.717, 1.165) is 36.1 Å². The van der Waals surface area contributed by atoms with E-state index in [-0.39, 0.29) is 35.1 Å². The first-order valence-electron chi connectivity index (χ1n) is 15.8. The van der Waals surface area contributed by atoms with Gasteiger partial charge in [-0.25, -0.2) is 4.79 Å². The predicted octanol–water partition coefficient (Wildman–Crippen LogP) is 5.96. The molecule has 240 valence electrons. The number of hydrogen-bond acceptors (Lipinski definition) is 6. The number of likely N-dealkylation sites (tertiary alicyclic amines) is 1. The van der Waals surface area contributed by atoms with Crippen LogP contribution in [0, 0.1) is 5.92 Å². The van der Waals surface area contributed by atoms with E-state index in [1.165, 1.54) is 11.8 Å². The van der Waals surface area contributed by atoms with Gasteiger partial charge in [0, 0.05) is 22.2 Å². The number of ether oxygens (including phenoxy) is 1. The minimum absolute atomic E-state index is 0.0156.